The zero-order valence-corrected chi connectivity index (χ0v) is 25.1. The number of ether oxygens (including phenoxy) is 1. The zero-order chi connectivity index (χ0) is 28.2. The lowest BCUT2D eigenvalue weighted by atomic mass is 9.78. The van der Waals surface area contributed by atoms with Gasteiger partial charge in [0.15, 0.2) is 0 Å². The van der Waals surface area contributed by atoms with Gasteiger partial charge >= 0.3 is 12.0 Å². The van der Waals surface area contributed by atoms with E-state index >= 15 is 0 Å². The quantitative estimate of drug-likeness (QED) is 0.301. The molecule has 2 amide bonds. The molecule has 0 atom stereocenters. The number of rotatable bonds is 10. The number of urea groups is 1. The monoisotopic (exact) mass is 526 g/mol. The fourth-order valence-electron chi connectivity index (χ4n) is 6.97. The van der Waals surface area contributed by atoms with E-state index in [1.807, 2.05) is 44.6 Å². The van der Waals surface area contributed by atoms with E-state index < -0.39 is 11.1 Å². The lowest BCUT2D eigenvalue weighted by Crippen LogP contribution is -2.66. The summed E-state index contributed by atoms with van der Waals surface area (Å²) in [5, 5.41) is 17.7. The number of carbonyl (C=O) groups is 2. The van der Waals surface area contributed by atoms with Crippen molar-refractivity contribution in [1.29, 1.82) is 0 Å². The zero-order valence-electron chi connectivity index (χ0n) is 25.1. The van der Waals surface area contributed by atoms with E-state index in [1.54, 1.807) is 7.11 Å². The molecule has 2 N–H and O–H groups in total. The van der Waals surface area contributed by atoms with Crippen LogP contribution < -0.4 is 5.32 Å². The molecule has 0 aromatic heterocycles. The van der Waals surface area contributed by atoms with Crippen molar-refractivity contribution in [3.8, 4) is 0 Å². The summed E-state index contributed by atoms with van der Waals surface area (Å²) >= 11 is 0. The summed E-state index contributed by atoms with van der Waals surface area (Å²) < 4.78 is 5.04. The summed E-state index contributed by atoms with van der Waals surface area (Å²) in [6.07, 6.45) is 5.76. The van der Waals surface area contributed by atoms with E-state index in [9.17, 15) is 14.8 Å². The SMILES string of the molecule is CCOC(=O)CCCCCN(C(=O)NC1CC(C)(C)N(OC)C(C)(C)C1)C1CC(C)(C)N(O)C(C)(C)C1. The smallest absolute Gasteiger partial charge is 0.317 e. The topological polar surface area (TPSA) is 94.6 Å². The molecule has 37 heavy (non-hydrogen) atoms. The molecule has 0 bridgehead atoms. The average Bonchev–Trinajstić information content (AvgIpc) is 2.72. The van der Waals surface area contributed by atoms with Gasteiger partial charge in [-0.15, -0.1) is 0 Å². The third kappa shape index (κ3) is 8.04. The number of hydroxylamine groups is 4. The van der Waals surface area contributed by atoms with Crippen molar-refractivity contribution in [2.75, 3.05) is 20.3 Å². The van der Waals surface area contributed by atoms with Crippen LogP contribution in [0.1, 0.15) is 114 Å². The maximum Gasteiger partial charge on any atom is 0.317 e. The minimum Gasteiger partial charge on any atom is -0.466 e. The van der Waals surface area contributed by atoms with Gasteiger partial charge in [0.1, 0.15) is 0 Å². The molecule has 0 spiro atoms. The van der Waals surface area contributed by atoms with Gasteiger partial charge in [0.25, 0.3) is 0 Å². The second-order valence-corrected chi connectivity index (χ2v) is 13.5. The molecule has 2 fully saturated rings. The van der Waals surface area contributed by atoms with Crippen LogP contribution >= 0.6 is 0 Å². The Hall–Kier alpha value is -1.42. The highest BCUT2D eigenvalue weighted by Gasteiger charge is 2.49. The minimum absolute atomic E-state index is 0.00135. The van der Waals surface area contributed by atoms with Gasteiger partial charge < -0.3 is 25.0 Å². The van der Waals surface area contributed by atoms with Crippen LogP contribution in [0, 0.1) is 0 Å². The molecular weight excluding hydrogens is 472 g/mol. The summed E-state index contributed by atoms with van der Waals surface area (Å²) in [5.74, 6) is -0.163. The number of piperidine rings is 2. The molecule has 2 aliphatic heterocycles. The van der Waals surface area contributed by atoms with Crippen molar-refractivity contribution >= 4 is 12.0 Å². The Morgan fingerprint density at radius 1 is 0.892 bits per heavy atom. The Morgan fingerprint density at radius 2 is 1.43 bits per heavy atom. The molecule has 2 heterocycles. The molecule has 2 saturated heterocycles. The number of amides is 2. The molecule has 9 heteroatoms. The van der Waals surface area contributed by atoms with Gasteiger partial charge in [-0.2, -0.15) is 10.1 Å². The summed E-state index contributed by atoms with van der Waals surface area (Å²) in [4.78, 5) is 33.3. The van der Waals surface area contributed by atoms with Gasteiger partial charge in [-0.3, -0.25) is 4.79 Å². The summed E-state index contributed by atoms with van der Waals surface area (Å²) in [7, 11) is 1.71. The Bertz CT molecular complexity index is 747. The molecule has 0 aliphatic carbocycles. The first-order chi connectivity index (χ1) is 17.0. The number of carbonyl (C=O) groups excluding carboxylic acids is 2. The van der Waals surface area contributed by atoms with E-state index in [1.165, 1.54) is 5.06 Å². The van der Waals surface area contributed by atoms with Crippen molar-refractivity contribution < 1.29 is 24.4 Å². The second-order valence-electron chi connectivity index (χ2n) is 13.5. The van der Waals surface area contributed by atoms with Crippen LogP contribution in [-0.2, 0) is 14.4 Å². The van der Waals surface area contributed by atoms with Crippen molar-refractivity contribution in [2.24, 2.45) is 0 Å². The maximum absolute atomic E-state index is 13.9. The Balaban J connectivity index is 2.16. The first-order valence-electron chi connectivity index (χ1n) is 14.0. The van der Waals surface area contributed by atoms with Crippen LogP contribution in [0.15, 0.2) is 0 Å². The van der Waals surface area contributed by atoms with Crippen LogP contribution in [-0.4, -0.2) is 86.7 Å². The molecule has 9 nitrogen and oxygen atoms in total. The summed E-state index contributed by atoms with van der Waals surface area (Å²) in [5.41, 5.74) is -1.36. The van der Waals surface area contributed by atoms with Gasteiger partial charge in [-0.1, -0.05) is 6.42 Å². The molecule has 2 aliphatic rings. The molecule has 0 saturated carbocycles. The maximum atomic E-state index is 13.9. The van der Waals surface area contributed by atoms with E-state index in [2.05, 4.69) is 33.0 Å². The molecule has 0 unspecified atom stereocenters. The standard InChI is InChI=1S/C28H54N4O5/c1-11-37-23(33)15-13-12-14-16-30(22-19-25(2,3)31(35)26(4,5)20-22)24(34)29-21-17-27(6,7)32(36-10)28(8,9)18-21/h21-22,35H,11-20H2,1-10H3,(H,29,34). The summed E-state index contributed by atoms with van der Waals surface area (Å²) in [6.45, 7) is 19.6. The molecule has 0 aromatic rings. The van der Waals surface area contributed by atoms with Crippen molar-refractivity contribution in [2.45, 2.75) is 148 Å². The van der Waals surface area contributed by atoms with E-state index in [4.69, 9.17) is 9.57 Å². The average molecular weight is 527 g/mol. The fraction of sp³-hybridized carbons (Fsp3) is 0.929. The van der Waals surface area contributed by atoms with Gasteiger partial charge in [0, 0.05) is 47.2 Å². The predicted octanol–water partition coefficient (Wildman–Crippen LogP) is 5.12. The van der Waals surface area contributed by atoms with Crippen LogP contribution in [0.4, 0.5) is 4.79 Å². The number of hydrogen-bond donors (Lipinski definition) is 2. The Morgan fingerprint density at radius 3 is 1.92 bits per heavy atom. The molecule has 216 valence electrons. The van der Waals surface area contributed by atoms with Crippen LogP contribution in [0.3, 0.4) is 0 Å². The van der Waals surface area contributed by atoms with E-state index in [-0.39, 0.29) is 35.2 Å². The van der Waals surface area contributed by atoms with Crippen molar-refractivity contribution in [3.63, 3.8) is 0 Å². The molecular formula is C28H54N4O5. The first-order valence-corrected chi connectivity index (χ1v) is 14.0. The molecule has 0 radical (unpaired) electrons. The van der Waals surface area contributed by atoms with Crippen LogP contribution in [0.2, 0.25) is 0 Å². The van der Waals surface area contributed by atoms with Crippen LogP contribution in [0.25, 0.3) is 0 Å². The Labute approximate surface area is 225 Å². The first kappa shape index (κ1) is 31.8. The van der Waals surface area contributed by atoms with E-state index in [0.717, 1.165) is 32.1 Å². The van der Waals surface area contributed by atoms with E-state index in [0.29, 0.717) is 32.4 Å². The number of unbranched alkanes of at least 4 members (excludes halogenated alkanes) is 2. The third-order valence-corrected chi connectivity index (χ3v) is 8.01. The van der Waals surface area contributed by atoms with Crippen LogP contribution in [0.5, 0.6) is 0 Å². The Kier molecular flexibility index (Phi) is 10.5. The fourth-order valence-corrected chi connectivity index (χ4v) is 6.97. The lowest BCUT2D eigenvalue weighted by Gasteiger charge is -2.54. The normalized spacial score (nSPS) is 24.0. The van der Waals surface area contributed by atoms with Crippen molar-refractivity contribution in [3.05, 3.63) is 0 Å². The van der Waals surface area contributed by atoms with Gasteiger partial charge in [-0.25, -0.2) is 4.79 Å². The highest BCUT2D eigenvalue weighted by atomic mass is 16.7. The highest BCUT2D eigenvalue weighted by Crippen LogP contribution is 2.40. The third-order valence-electron chi connectivity index (χ3n) is 8.01. The van der Waals surface area contributed by atoms with Gasteiger partial charge in [-0.05, 0) is 101 Å². The summed E-state index contributed by atoms with van der Waals surface area (Å²) in [6, 6.07) is -0.0245. The highest BCUT2D eigenvalue weighted by molar-refractivity contribution is 5.75. The lowest BCUT2D eigenvalue weighted by molar-refractivity contribution is -0.267. The molecule has 0 aromatic carbocycles. The minimum atomic E-state index is -0.456. The predicted molar refractivity (Wildman–Crippen MR) is 145 cm³/mol. The second kappa shape index (κ2) is 12.2. The molecule has 2 rings (SSSR count). The van der Waals surface area contributed by atoms with Gasteiger partial charge in [0.2, 0.25) is 0 Å². The number of nitrogens with one attached hydrogen (secondary N) is 1. The largest absolute Gasteiger partial charge is 0.466 e. The number of esters is 1. The van der Waals surface area contributed by atoms with Crippen molar-refractivity contribution in [1.82, 2.24) is 20.3 Å². The van der Waals surface area contributed by atoms with Gasteiger partial charge in [0.05, 0.1) is 13.7 Å². The number of nitrogens with zero attached hydrogens (tertiary/aromatic N) is 3. The number of hydrogen-bond acceptors (Lipinski definition) is 7.